The van der Waals surface area contributed by atoms with Gasteiger partial charge in [-0.05, 0) is 37.3 Å². The molecule has 5 heteroatoms. The average molecular weight is 273 g/mol. The Bertz CT molecular complexity index is 643. The van der Waals surface area contributed by atoms with Crippen molar-refractivity contribution in [3.8, 4) is 0 Å². The van der Waals surface area contributed by atoms with Gasteiger partial charge in [-0.1, -0.05) is 6.07 Å². The van der Waals surface area contributed by atoms with Gasteiger partial charge in [0.25, 0.3) is 5.91 Å². The lowest BCUT2D eigenvalue weighted by Gasteiger charge is -2.18. The molecule has 0 saturated carbocycles. The molecule has 4 nitrogen and oxygen atoms in total. The lowest BCUT2D eigenvalue weighted by atomic mass is 10.1. The standard InChI is InChI=1S/C15H16FN3O/c1-10-4-3-5-12(18-10)9-19(2)15(20)13-7-6-11(16)8-14(13)17/h3-8H,9,17H2,1-2H3. The van der Waals surface area contributed by atoms with Crippen molar-refractivity contribution in [3.05, 3.63) is 59.2 Å². The van der Waals surface area contributed by atoms with Crippen LogP contribution >= 0.6 is 0 Å². The van der Waals surface area contributed by atoms with Crippen LogP contribution in [-0.2, 0) is 6.54 Å². The van der Waals surface area contributed by atoms with E-state index in [4.69, 9.17) is 5.73 Å². The largest absolute Gasteiger partial charge is 0.398 e. The van der Waals surface area contributed by atoms with Gasteiger partial charge in [-0.2, -0.15) is 0 Å². The molecular formula is C15H16FN3O. The second-order valence-corrected chi connectivity index (χ2v) is 4.66. The minimum atomic E-state index is -0.456. The van der Waals surface area contributed by atoms with E-state index >= 15 is 0 Å². The summed E-state index contributed by atoms with van der Waals surface area (Å²) in [7, 11) is 1.66. The second kappa shape index (κ2) is 5.69. The fraction of sp³-hybridized carbons (Fsp3) is 0.200. The van der Waals surface area contributed by atoms with Crippen molar-refractivity contribution < 1.29 is 9.18 Å². The van der Waals surface area contributed by atoms with Crippen LogP contribution in [0, 0.1) is 12.7 Å². The van der Waals surface area contributed by atoms with Crippen LogP contribution < -0.4 is 5.73 Å². The Kier molecular flexibility index (Phi) is 3.98. The van der Waals surface area contributed by atoms with E-state index in [9.17, 15) is 9.18 Å². The minimum Gasteiger partial charge on any atom is -0.398 e. The summed E-state index contributed by atoms with van der Waals surface area (Å²) in [6, 6.07) is 9.40. The number of hydrogen-bond donors (Lipinski definition) is 1. The Morgan fingerprint density at radius 3 is 2.75 bits per heavy atom. The van der Waals surface area contributed by atoms with Gasteiger partial charge in [0.1, 0.15) is 5.82 Å². The number of halogens is 1. The Hall–Kier alpha value is -2.43. The molecular weight excluding hydrogens is 257 g/mol. The van der Waals surface area contributed by atoms with Gasteiger partial charge in [0.2, 0.25) is 0 Å². The molecule has 20 heavy (non-hydrogen) atoms. The molecule has 0 unspecified atom stereocenters. The van der Waals surface area contributed by atoms with E-state index in [1.807, 2.05) is 25.1 Å². The van der Waals surface area contributed by atoms with E-state index in [0.717, 1.165) is 17.5 Å². The zero-order valence-corrected chi connectivity index (χ0v) is 11.4. The first-order valence-corrected chi connectivity index (χ1v) is 6.20. The number of nitrogens with zero attached hydrogens (tertiary/aromatic N) is 2. The van der Waals surface area contributed by atoms with E-state index in [2.05, 4.69) is 4.98 Å². The summed E-state index contributed by atoms with van der Waals surface area (Å²) in [5.41, 5.74) is 7.79. The summed E-state index contributed by atoms with van der Waals surface area (Å²) in [5.74, 6) is -0.715. The first-order chi connectivity index (χ1) is 9.47. The lowest BCUT2D eigenvalue weighted by molar-refractivity contribution is 0.0784. The predicted molar refractivity (Wildman–Crippen MR) is 75.6 cm³/mol. The number of rotatable bonds is 3. The van der Waals surface area contributed by atoms with Crippen LogP contribution in [0.25, 0.3) is 0 Å². The summed E-state index contributed by atoms with van der Waals surface area (Å²) in [4.78, 5) is 18.1. The fourth-order valence-electron chi connectivity index (χ4n) is 1.94. The van der Waals surface area contributed by atoms with E-state index in [1.165, 1.54) is 17.0 Å². The highest BCUT2D eigenvalue weighted by Gasteiger charge is 2.15. The van der Waals surface area contributed by atoms with E-state index in [0.29, 0.717) is 12.1 Å². The number of amides is 1. The topological polar surface area (TPSA) is 59.2 Å². The minimum absolute atomic E-state index is 0.138. The molecule has 0 aliphatic carbocycles. The van der Waals surface area contributed by atoms with Crippen LogP contribution in [0.1, 0.15) is 21.7 Å². The average Bonchev–Trinajstić information content (AvgIpc) is 2.38. The Morgan fingerprint density at radius 2 is 2.10 bits per heavy atom. The fourth-order valence-corrected chi connectivity index (χ4v) is 1.94. The number of hydrogen-bond acceptors (Lipinski definition) is 3. The van der Waals surface area contributed by atoms with Crippen molar-refractivity contribution in [1.29, 1.82) is 0 Å². The molecule has 104 valence electrons. The molecule has 1 heterocycles. The molecule has 0 bridgehead atoms. The smallest absolute Gasteiger partial charge is 0.256 e. The van der Waals surface area contributed by atoms with Gasteiger partial charge >= 0.3 is 0 Å². The molecule has 1 aromatic heterocycles. The third-order valence-electron chi connectivity index (χ3n) is 2.94. The summed E-state index contributed by atoms with van der Waals surface area (Å²) < 4.78 is 13.0. The quantitative estimate of drug-likeness (QED) is 0.873. The molecule has 0 atom stereocenters. The normalized spacial score (nSPS) is 10.3. The molecule has 0 saturated heterocycles. The van der Waals surface area contributed by atoms with Crippen LogP contribution in [-0.4, -0.2) is 22.8 Å². The number of nitrogen functional groups attached to an aromatic ring is 1. The van der Waals surface area contributed by atoms with Crippen molar-refractivity contribution in [1.82, 2.24) is 9.88 Å². The molecule has 0 spiro atoms. The zero-order valence-electron chi connectivity index (χ0n) is 11.4. The summed E-state index contributed by atoms with van der Waals surface area (Å²) >= 11 is 0. The van der Waals surface area contributed by atoms with Crippen molar-refractivity contribution in [2.24, 2.45) is 0 Å². The Balaban J connectivity index is 2.16. The van der Waals surface area contributed by atoms with Gasteiger partial charge in [-0.15, -0.1) is 0 Å². The molecule has 0 radical (unpaired) electrons. The number of carbonyl (C=O) groups excluding carboxylic acids is 1. The van der Waals surface area contributed by atoms with E-state index in [-0.39, 0.29) is 11.6 Å². The van der Waals surface area contributed by atoms with Crippen LogP contribution in [0.15, 0.2) is 36.4 Å². The van der Waals surface area contributed by atoms with Crippen LogP contribution in [0.5, 0.6) is 0 Å². The Labute approximate surface area is 117 Å². The van der Waals surface area contributed by atoms with Crippen molar-refractivity contribution in [2.75, 3.05) is 12.8 Å². The molecule has 2 rings (SSSR count). The van der Waals surface area contributed by atoms with Gasteiger partial charge < -0.3 is 10.6 Å². The van der Waals surface area contributed by atoms with Crippen molar-refractivity contribution in [2.45, 2.75) is 13.5 Å². The second-order valence-electron chi connectivity index (χ2n) is 4.66. The number of nitrogens with two attached hydrogens (primary N) is 1. The highest BCUT2D eigenvalue weighted by atomic mass is 19.1. The molecule has 0 fully saturated rings. The zero-order chi connectivity index (χ0) is 14.7. The molecule has 2 N–H and O–H groups in total. The number of pyridine rings is 1. The van der Waals surface area contributed by atoms with Crippen LogP contribution in [0.2, 0.25) is 0 Å². The van der Waals surface area contributed by atoms with Crippen LogP contribution in [0.4, 0.5) is 10.1 Å². The van der Waals surface area contributed by atoms with Gasteiger partial charge in [0.05, 0.1) is 17.8 Å². The SMILES string of the molecule is Cc1cccc(CN(C)C(=O)c2ccc(F)cc2N)n1. The Morgan fingerprint density at radius 1 is 1.35 bits per heavy atom. The molecule has 1 aromatic carbocycles. The molecule has 2 aromatic rings. The number of aryl methyl sites for hydroxylation is 1. The highest BCUT2D eigenvalue weighted by Crippen LogP contribution is 2.16. The molecule has 0 aliphatic heterocycles. The van der Waals surface area contributed by atoms with Gasteiger partial charge in [-0.3, -0.25) is 9.78 Å². The maximum Gasteiger partial charge on any atom is 0.256 e. The van der Waals surface area contributed by atoms with Gasteiger partial charge in [0, 0.05) is 18.4 Å². The molecule has 1 amide bonds. The number of benzene rings is 1. The number of aromatic nitrogens is 1. The molecule has 0 aliphatic rings. The van der Waals surface area contributed by atoms with Crippen LogP contribution in [0.3, 0.4) is 0 Å². The number of anilines is 1. The third kappa shape index (κ3) is 3.12. The first kappa shape index (κ1) is 14.0. The van der Waals surface area contributed by atoms with Crippen molar-refractivity contribution in [3.63, 3.8) is 0 Å². The van der Waals surface area contributed by atoms with Gasteiger partial charge in [0.15, 0.2) is 0 Å². The third-order valence-corrected chi connectivity index (χ3v) is 2.94. The maximum atomic E-state index is 13.0. The summed E-state index contributed by atoms with van der Waals surface area (Å²) in [6.45, 7) is 2.26. The monoisotopic (exact) mass is 273 g/mol. The van der Waals surface area contributed by atoms with Crippen molar-refractivity contribution >= 4 is 11.6 Å². The van der Waals surface area contributed by atoms with E-state index in [1.54, 1.807) is 7.05 Å². The van der Waals surface area contributed by atoms with E-state index < -0.39 is 5.82 Å². The lowest BCUT2D eigenvalue weighted by Crippen LogP contribution is -2.27. The predicted octanol–water partition coefficient (Wildman–Crippen LogP) is 2.38. The highest BCUT2D eigenvalue weighted by molar-refractivity contribution is 5.98. The summed E-state index contributed by atoms with van der Waals surface area (Å²) in [5, 5.41) is 0. The summed E-state index contributed by atoms with van der Waals surface area (Å²) in [6.07, 6.45) is 0. The first-order valence-electron chi connectivity index (χ1n) is 6.20. The van der Waals surface area contributed by atoms with Gasteiger partial charge in [-0.25, -0.2) is 4.39 Å². The maximum absolute atomic E-state index is 13.0. The number of carbonyl (C=O) groups is 1.